The summed E-state index contributed by atoms with van der Waals surface area (Å²) in [5.41, 5.74) is 9.52. The molecule has 4 nitrogen and oxygen atoms in total. The smallest absolute Gasteiger partial charge is 0.321 e. The third-order valence-electron chi connectivity index (χ3n) is 3.87. The fraction of sp³-hybridized carbons (Fsp3) is 0.533. The van der Waals surface area contributed by atoms with Gasteiger partial charge in [-0.05, 0) is 29.5 Å². The van der Waals surface area contributed by atoms with Crippen LogP contribution >= 0.6 is 0 Å². The average Bonchev–Trinajstić information content (AvgIpc) is 2.39. The van der Waals surface area contributed by atoms with Crippen LogP contribution in [0.2, 0.25) is 0 Å². The van der Waals surface area contributed by atoms with Gasteiger partial charge in [-0.15, -0.1) is 0 Å². The summed E-state index contributed by atoms with van der Waals surface area (Å²) in [5, 5.41) is 2.88. The maximum absolute atomic E-state index is 11.6. The van der Waals surface area contributed by atoms with Crippen molar-refractivity contribution < 1.29 is 4.79 Å². The lowest BCUT2D eigenvalue weighted by molar-refractivity contribution is 0.218. The summed E-state index contributed by atoms with van der Waals surface area (Å²) in [6.45, 7) is 5.02. The maximum Gasteiger partial charge on any atom is 0.321 e. The molecule has 1 aliphatic rings. The molecule has 19 heavy (non-hydrogen) atoms. The van der Waals surface area contributed by atoms with Gasteiger partial charge in [-0.1, -0.05) is 32.4 Å². The number of carbonyl (C=O) groups is 1. The van der Waals surface area contributed by atoms with E-state index in [0.717, 1.165) is 29.7 Å². The number of hydrogen-bond acceptors (Lipinski definition) is 2. The van der Waals surface area contributed by atoms with Crippen molar-refractivity contribution in [2.24, 2.45) is 11.7 Å². The molecule has 1 heterocycles. The van der Waals surface area contributed by atoms with E-state index in [1.54, 1.807) is 11.9 Å². The second-order valence-corrected chi connectivity index (χ2v) is 5.49. The van der Waals surface area contributed by atoms with Gasteiger partial charge < -0.3 is 16.0 Å². The standard InChI is InChI=1S/C15H23N3O/c1-4-5-10(2)14(16)11-6-7-13-12(8-11)9-18(3)15(19)17-13/h6-8,10,14H,4-5,9,16H2,1-3H3,(H,17,19). The van der Waals surface area contributed by atoms with E-state index in [2.05, 4.69) is 25.2 Å². The van der Waals surface area contributed by atoms with E-state index in [9.17, 15) is 4.79 Å². The first kappa shape index (κ1) is 13.9. The number of urea groups is 1. The van der Waals surface area contributed by atoms with Crippen molar-refractivity contribution in [2.75, 3.05) is 12.4 Å². The minimum Gasteiger partial charge on any atom is -0.324 e. The van der Waals surface area contributed by atoms with Crippen LogP contribution in [0.5, 0.6) is 0 Å². The molecule has 1 aromatic carbocycles. The number of fused-ring (bicyclic) bond motifs is 1. The summed E-state index contributed by atoms with van der Waals surface area (Å²) in [6, 6.07) is 6.13. The van der Waals surface area contributed by atoms with Gasteiger partial charge in [-0.3, -0.25) is 0 Å². The number of nitrogens with zero attached hydrogens (tertiary/aromatic N) is 1. The molecule has 0 saturated carbocycles. The molecule has 2 amide bonds. The molecule has 104 valence electrons. The molecule has 2 rings (SSSR count). The molecule has 0 fully saturated rings. The van der Waals surface area contributed by atoms with Crippen LogP contribution < -0.4 is 11.1 Å². The Morgan fingerprint density at radius 1 is 1.47 bits per heavy atom. The van der Waals surface area contributed by atoms with Crippen molar-refractivity contribution in [3.8, 4) is 0 Å². The summed E-state index contributed by atoms with van der Waals surface area (Å²) in [5.74, 6) is 0.471. The zero-order valence-electron chi connectivity index (χ0n) is 11.9. The SMILES string of the molecule is CCCC(C)C(N)c1ccc2c(c1)CN(C)C(=O)N2. The Kier molecular flexibility index (Phi) is 4.10. The highest BCUT2D eigenvalue weighted by Gasteiger charge is 2.21. The Bertz CT molecular complexity index is 472. The van der Waals surface area contributed by atoms with Crippen molar-refractivity contribution in [3.05, 3.63) is 29.3 Å². The van der Waals surface area contributed by atoms with E-state index >= 15 is 0 Å². The van der Waals surface area contributed by atoms with Gasteiger partial charge in [-0.25, -0.2) is 4.79 Å². The molecule has 0 aromatic heterocycles. The van der Waals surface area contributed by atoms with Crippen LogP contribution in [0.3, 0.4) is 0 Å². The molecule has 1 aliphatic heterocycles. The summed E-state index contributed by atoms with van der Waals surface area (Å²) < 4.78 is 0. The van der Waals surface area contributed by atoms with Crippen molar-refractivity contribution in [1.82, 2.24) is 4.90 Å². The highest BCUT2D eigenvalue weighted by molar-refractivity contribution is 5.92. The van der Waals surface area contributed by atoms with Gasteiger partial charge in [0.1, 0.15) is 0 Å². The van der Waals surface area contributed by atoms with Gasteiger partial charge in [0.15, 0.2) is 0 Å². The molecular formula is C15H23N3O. The number of nitrogens with two attached hydrogens (primary N) is 1. The molecule has 0 saturated heterocycles. The van der Waals surface area contributed by atoms with Crippen molar-refractivity contribution in [2.45, 2.75) is 39.3 Å². The van der Waals surface area contributed by atoms with E-state index in [0.29, 0.717) is 12.5 Å². The zero-order chi connectivity index (χ0) is 14.0. The Morgan fingerprint density at radius 2 is 2.21 bits per heavy atom. The highest BCUT2D eigenvalue weighted by Crippen LogP contribution is 2.29. The van der Waals surface area contributed by atoms with Gasteiger partial charge in [0.25, 0.3) is 0 Å². The summed E-state index contributed by atoms with van der Waals surface area (Å²) in [4.78, 5) is 13.2. The molecule has 1 aromatic rings. The molecule has 2 atom stereocenters. The van der Waals surface area contributed by atoms with E-state index < -0.39 is 0 Å². The number of hydrogen-bond donors (Lipinski definition) is 2. The minimum atomic E-state index is -0.0519. The zero-order valence-corrected chi connectivity index (χ0v) is 11.9. The number of anilines is 1. The van der Waals surface area contributed by atoms with Crippen LogP contribution in [-0.4, -0.2) is 18.0 Å². The number of rotatable bonds is 4. The Hall–Kier alpha value is -1.55. The van der Waals surface area contributed by atoms with Crippen LogP contribution in [-0.2, 0) is 6.54 Å². The number of nitrogens with one attached hydrogen (secondary N) is 1. The second kappa shape index (κ2) is 5.61. The van der Waals surface area contributed by atoms with E-state index in [4.69, 9.17) is 5.73 Å². The Morgan fingerprint density at radius 3 is 2.89 bits per heavy atom. The van der Waals surface area contributed by atoms with E-state index in [1.807, 2.05) is 12.1 Å². The second-order valence-electron chi connectivity index (χ2n) is 5.49. The molecule has 4 heteroatoms. The number of amides is 2. The predicted molar refractivity (Wildman–Crippen MR) is 77.9 cm³/mol. The van der Waals surface area contributed by atoms with Gasteiger partial charge >= 0.3 is 6.03 Å². The van der Waals surface area contributed by atoms with Gasteiger partial charge in [0.2, 0.25) is 0 Å². The van der Waals surface area contributed by atoms with Crippen LogP contribution in [0.1, 0.15) is 43.9 Å². The molecular weight excluding hydrogens is 238 g/mol. The molecule has 2 unspecified atom stereocenters. The predicted octanol–water partition coefficient (Wildman–Crippen LogP) is 3.10. The fourth-order valence-electron chi connectivity index (χ4n) is 2.58. The molecule has 0 spiro atoms. The molecule has 0 radical (unpaired) electrons. The third kappa shape index (κ3) is 2.89. The lowest BCUT2D eigenvalue weighted by Crippen LogP contribution is -2.35. The molecule has 0 aliphatic carbocycles. The lowest BCUT2D eigenvalue weighted by atomic mass is 9.90. The summed E-state index contributed by atoms with van der Waals surface area (Å²) >= 11 is 0. The first-order valence-electron chi connectivity index (χ1n) is 6.93. The summed E-state index contributed by atoms with van der Waals surface area (Å²) in [7, 11) is 1.80. The van der Waals surface area contributed by atoms with Gasteiger partial charge in [0.05, 0.1) is 0 Å². The van der Waals surface area contributed by atoms with Crippen LogP contribution in [0.15, 0.2) is 18.2 Å². The Balaban J connectivity index is 2.21. The van der Waals surface area contributed by atoms with E-state index in [-0.39, 0.29) is 12.1 Å². The first-order chi connectivity index (χ1) is 9.02. The van der Waals surface area contributed by atoms with Gasteiger partial charge in [0, 0.05) is 25.3 Å². The first-order valence-corrected chi connectivity index (χ1v) is 6.93. The third-order valence-corrected chi connectivity index (χ3v) is 3.87. The molecule has 3 N–H and O–H groups in total. The fourth-order valence-corrected chi connectivity index (χ4v) is 2.58. The van der Waals surface area contributed by atoms with Crippen molar-refractivity contribution in [3.63, 3.8) is 0 Å². The number of benzene rings is 1. The van der Waals surface area contributed by atoms with Crippen LogP contribution in [0.25, 0.3) is 0 Å². The average molecular weight is 261 g/mol. The largest absolute Gasteiger partial charge is 0.324 e. The molecule has 0 bridgehead atoms. The van der Waals surface area contributed by atoms with Crippen molar-refractivity contribution in [1.29, 1.82) is 0 Å². The number of carbonyl (C=O) groups excluding carboxylic acids is 1. The highest BCUT2D eigenvalue weighted by atomic mass is 16.2. The lowest BCUT2D eigenvalue weighted by Gasteiger charge is -2.28. The van der Waals surface area contributed by atoms with Crippen LogP contribution in [0.4, 0.5) is 10.5 Å². The van der Waals surface area contributed by atoms with E-state index in [1.165, 1.54) is 0 Å². The maximum atomic E-state index is 11.6. The summed E-state index contributed by atoms with van der Waals surface area (Å²) in [6.07, 6.45) is 2.29. The topological polar surface area (TPSA) is 58.4 Å². The van der Waals surface area contributed by atoms with Gasteiger partial charge in [-0.2, -0.15) is 0 Å². The normalized spacial score (nSPS) is 17.7. The Labute approximate surface area is 115 Å². The van der Waals surface area contributed by atoms with Crippen LogP contribution in [0, 0.1) is 5.92 Å². The quantitative estimate of drug-likeness (QED) is 0.875. The monoisotopic (exact) mass is 261 g/mol. The van der Waals surface area contributed by atoms with Crippen molar-refractivity contribution >= 4 is 11.7 Å². The minimum absolute atomic E-state index is 0.0519.